The van der Waals surface area contributed by atoms with E-state index in [0.717, 1.165) is 11.3 Å². The molecule has 1 N–H and O–H groups in total. The highest BCUT2D eigenvalue weighted by Gasteiger charge is 1.99. The van der Waals surface area contributed by atoms with E-state index in [4.69, 9.17) is 14.6 Å². The normalized spacial score (nSPS) is 12.8. The van der Waals surface area contributed by atoms with Crippen molar-refractivity contribution in [3.05, 3.63) is 11.3 Å². The van der Waals surface area contributed by atoms with Gasteiger partial charge in [0.1, 0.15) is 0 Å². The molecule has 0 fully saturated rings. The molecule has 0 amide bonds. The molecule has 0 unspecified atom stereocenters. The number of aliphatic hydroxyl groups is 1. The highest BCUT2D eigenvalue weighted by atomic mass is 16.5. The van der Waals surface area contributed by atoms with Crippen molar-refractivity contribution in [3.63, 3.8) is 0 Å². The van der Waals surface area contributed by atoms with Gasteiger partial charge in [-0.25, -0.2) is 0 Å². The largest absolute Gasteiger partial charge is 0.501 e. The molecule has 0 heterocycles. The summed E-state index contributed by atoms with van der Waals surface area (Å²) in [5, 5.41) is 8.74. The van der Waals surface area contributed by atoms with Crippen molar-refractivity contribution in [2.45, 2.75) is 6.92 Å². The molecule has 0 bridgehead atoms. The van der Waals surface area contributed by atoms with E-state index in [1.807, 2.05) is 0 Å². The molecule has 0 aliphatic rings. The summed E-state index contributed by atoms with van der Waals surface area (Å²) in [6.07, 6.45) is 0. The second-order valence-electron chi connectivity index (χ2n) is 1.95. The molecule has 0 saturated carbocycles. The topological polar surface area (TPSA) is 38.7 Å². The third-order valence-electron chi connectivity index (χ3n) is 1.31. The molecule has 0 aromatic carbocycles. The van der Waals surface area contributed by atoms with Crippen molar-refractivity contribution in [1.82, 2.24) is 0 Å². The molecule has 0 aliphatic carbocycles. The van der Waals surface area contributed by atoms with Crippen LogP contribution in [0.3, 0.4) is 0 Å². The van der Waals surface area contributed by atoms with Crippen molar-refractivity contribution < 1.29 is 14.6 Å². The molecule has 3 nitrogen and oxygen atoms in total. The zero-order chi connectivity index (χ0) is 7.98. The smallest absolute Gasteiger partial charge is 0.0962 e. The van der Waals surface area contributed by atoms with Crippen LogP contribution in [0.15, 0.2) is 11.3 Å². The zero-order valence-electron chi connectivity index (χ0n) is 6.68. The number of allylic oxidation sites excluding steroid dienone is 1. The monoisotopic (exact) mass is 146 g/mol. The molecule has 0 aliphatic heterocycles. The molecule has 0 saturated heterocycles. The highest BCUT2D eigenvalue weighted by molar-refractivity contribution is 5.06. The highest BCUT2D eigenvalue weighted by Crippen LogP contribution is 2.03. The second-order valence-corrected chi connectivity index (χ2v) is 1.95. The van der Waals surface area contributed by atoms with E-state index >= 15 is 0 Å². The van der Waals surface area contributed by atoms with E-state index in [1.54, 1.807) is 21.1 Å². The van der Waals surface area contributed by atoms with Crippen LogP contribution in [0.5, 0.6) is 0 Å². The number of aliphatic hydroxyl groups excluding tert-OH is 1. The van der Waals surface area contributed by atoms with E-state index in [0.29, 0.717) is 6.61 Å². The quantitative estimate of drug-likeness (QED) is 0.588. The lowest BCUT2D eigenvalue weighted by Gasteiger charge is -2.06. The molecule has 3 heteroatoms. The van der Waals surface area contributed by atoms with Crippen LogP contribution < -0.4 is 0 Å². The average molecular weight is 146 g/mol. The van der Waals surface area contributed by atoms with E-state index in [1.165, 1.54) is 0 Å². The van der Waals surface area contributed by atoms with Crippen molar-refractivity contribution in [2.75, 3.05) is 27.4 Å². The third kappa shape index (κ3) is 2.85. The van der Waals surface area contributed by atoms with Gasteiger partial charge in [-0.3, -0.25) is 0 Å². The zero-order valence-corrected chi connectivity index (χ0v) is 6.68. The number of hydrogen-bond donors (Lipinski definition) is 1. The molecule has 0 aromatic heterocycles. The predicted octanol–water partition coefficient (Wildman–Crippen LogP) is 0.546. The van der Waals surface area contributed by atoms with E-state index in [-0.39, 0.29) is 6.61 Å². The van der Waals surface area contributed by atoms with Gasteiger partial charge in [0, 0.05) is 12.7 Å². The minimum absolute atomic E-state index is 0.00644. The molecule has 0 spiro atoms. The number of methoxy groups -OCH3 is 2. The van der Waals surface area contributed by atoms with Crippen molar-refractivity contribution >= 4 is 0 Å². The Bertz CT molecular complexity index is 118. The standard InChI is InChI=1S/C7H14O3/c1-6(10-3)7(4-8)5-9-2/h8H,4-5H2,1-3H3. The van der Waals surface area contributed by atoms with Crippen LogP contribution >= 0.6 is 0 Å². The lowest BCUT2D eigenvalue weighted by molar-refractivity contribution is 0.192. The maximum absolute atomic E-state index is 8.74. The predicted molar refractivity (Wildman–Crippen MR) is 38.7 cm³/mol. The Morgan fingerprint density at radius 3 is 2.30 bits per heavy atom. The first-order valence-corrected chi connectivity index (χ1v) is 3.08. The summed E-state index contributed by atoms with van der Waals surface area (Å²) in [5.41, 5.74) is 0.782. The fourth-order valence-electron chi connectivity index (χ4n) is 0.577. The Morgan fingerprint density at radius 2 is 2.00 bits per heavy atom. The van der Waals surface area contributed by atoms with E-state index in [2.05, 4.69) is 0 Å². The Kier molecular flexibility index (Phi) is 4.98. The van der Waals surface area contributed by atoms with Gasteiger partial charge in [0.25, 0.3) is 0 Å². The van der Waals surface area contributed by atoms with Gasteiger partial charge in [-0.05, 0) is 6.92 Å². The van der Waals surface area contributed by atoms with Gasteiger partial charge in [-0.2, -0.15) is 0 Å². The van der Waals surface area contributed by atoms with Crippen molar-refractivity contribution in [2.24, 2.45) is 0 Å². The Labute approximate surface area is 61.3 Å². The summed E-state index contributed by atoms with van der Waals surface area (Å²) in [7, 11) is 3.15. The van der Waals surface area contributed by atoms with Crippen LogP contribution in [0.25, 0.3) is 0 Å². The summed E-state index contributed by atoms with van der Waals surface area (Å²) in [6, 6.07) is 0. The van der Waals surface area contributed by atoms with Gasteiger partial charge in [0.15, 0.2) is 0 Å². The van der Waals surface area contributed by atoms with Crippen LogP contribution in [0, 0.1) is 0 Å². The SMILES string of the molecule is COCC(CO)=C(C)OC. The average Bonchev–Trinajstić information content (AvgIpc) is 1.99. The number of ether oxygens (including phenoxy) is 2. The summed E-state index contributed by atoms with van der Waals surface area (Å²) in [4.78, 5) is 0. The molecule has 0 rings (SSSR count). The summed E-state index contributed by atoms with van der Waals surface area (Å²) in [6.45, 7) is 2.22. The minimum atomic E-state index is -0.00644. The summed E-state index contributed by atoms with van der Waals surface area (Å²) >= 11 is 0. The van der Waals surface area contributed by atoms with Crippen LogP contribution in [0.2, 0.25) is 0 Å². The molecular formula is C7H14O3. The molecule has 60 valence electrons. The van der Waals surface area contributed by atoms with Gasteiger partial charge in [0.2, 0.25) is 0 Å². The van der Waals surface area contributed by atoms with E-state index in [9.17, 15) is 0 Å². The van der Waals surface area contributed by atoms with Crippen LogP contribution in [0.1, 0.15) is 6.92 Å². The van der Waals surface area contributed by atoms with Gasteiger partial charge in [0.05, 0.1) is 26.1 Å². The van der Waals surface area contributed by atoms with Gasteiger partial charge in [-0.15, -0.1) is 0 Å². The van der Waals surface area contributed by atoms with Crippen molar-refractivity contribution in [3.8, 4) is 0 Å². The Balaban J connectivity index is 4.00. The maximum Gasteiger partial charge on any atom is 0.0962 e. The lowest BCUT2D eigenvalue weighted by Crippen LogP contribution is -2.03. The van der Waals surface area contributed by atoms with Crippen molar-refractivity contribution in [1.29, 1.82) is 0 Å². The lowest BCUT2D eigenvalue weighted by atomic mass is 10.2. The fourth-order valence-corrected chi connectivity index (χ4v) is 0.577. The molecular weight excluding hydrogens is 132 g/mol. The molecule has 0 aromatic rings. The third-order valence-corrected chi connectivity index (χ3v) is 1.31. The van der Waals surface area contributed by atoms with Gasteiger partial charge < -0.3 is 14.6 Å². The molecule has 0 radical (unpaired) electrons. The van der Waals surface area contributed by atoms with Crippen LogP contribution in [0.4, 0.5) is 0 Å². The first-order valence-electron chi connectivity index (χ1n) is 3.08. The summed E-state index contributed by atoms with van der Waals surface area (Å²) in [5.74, 6) is 0.726. The van der Waals surface area contributed by atoms with Gasteiger partial charge >= 0.3 is 0 Å². The van der Waals surface area contributed by atoms with Crippen LogP contribution in [-0.2, 0) is 9.47 Å². The first kappa shape index (κ1) is 9.46. The fraction of sp³-hybridized carbons (Fsp3) is 0.714. The van der Waals surface area contributed by atoms with Crippen LogP contribution in [-0.4, -0.2) is 32.5 Å². The number of hydrogen-bond acceptors (Lipinski definition) is 3. The minimum Gasteiger partial charge on any atom is -0.501 e. The molecule has 0 atom stereocenters. The molecule has 10 heavy (non-hydrogen) atoms. The summed E-state index contributed by atoms with van der Waals surface area (Å²) < 4.78 is 9.72. The first-order chi connectivity index (χ1) is 4.76. The second kappa shape index (κ2) is 5.26. The number of rotatable bonds is 4. The van der Waals surface area contributed by atoms with E-state index < -0.39 is 0 Å². The Hall–Kier alpha value is -0.540. The Morgan fingerprint density at radius 1 is 1.40 bits per heavy atom. The maximum atomic E-state index is 8.74. The van der Waals surface area contributed by atoms with Gasteiger partial charge in [-0.1, -0.05) is 0 Å².